The van der Waals surface area contributed by atoms with E-state index in [2.05, 4.69) is 10.6 Å². The van der Waals surface area contributed by atoms with Gasteiger partial charge in [0.15, 0.2) is 0 Å². The van der Waals surface area contributed by atoms with Gasteiger partial charge in [0.1, 0.15) is 0 Å². The van der Waals surface area contributed by atoms with Crippen molar-refractivity contribution in [3.63, 3.8) is 0 Å². The predicted octanol–water partition coefficient (Wildman–Crippen LogP) is 1.28. The van der Waals surface area contributed by atoms with Crippen LogP contribution in [0.4, 0.5) is 0 Å². The molecule has 80 valence electrons. The summed E-state index contributed by atoms with van der Waals surface area (Å²) in [4.78, 5) is 11.7. The third-order valence-corrected chi connectivity index (χ3v) is 3.31. The molecule has 0 bridgehead atoms. The van der Waals surface area contributed by atoms with Crippen LogP contribution in [0.5, 0.6) is 0 Å². The van der Waals surface area contributed by atoms with Crippen molar-refractivity contribution < 1.29 is 4.79 Å². The molecule has 0 saturated carbocycles. The van der Waals surface area contributed by atoms with Crippen LogP contribution in [0.3, 0.4) is 0 Å². The number of nitrogens with one attached hydrogen (secondary N) is 2. The maximum absolute atomic E-state index is 11.7. The molecule has 0 spiro atoms. The molecule has 0 radical (unpaired) electrons. The number of hydrogen-bond acceptors (Lipinski definition) is 3. The summed E-state index contributed by atoms with van der Waals surface area (Å²) in [5, 5.41) is 10.1. The molecule has 15 heavy (non-hydrogen) atoms. The van der Waals surface area contributed by atoms with Crippen molar-refractivity contribution in [2.24, 2.45) is 0 Å². The molecular formula is C11H14N2OS. The maximum Gasteiger partial charge on any atom is 0.247 e. The average molecular weight is 222 g/mol. The zero-order valence-electron chi connectivity index (χ0n) is 8.67. The maximum atomic E-state index is 11.7. The molecule has 1 aliphatic rings. The quantitative estimate of drug-likeness (QED) is 0.757. The number of carbonyl (C=O) groups is 1. The first-order chi connectivity index (χ1) is 7.27. The van der Waals surface area contributed by atoms with Gasteiger partial charge in [-0.2, -0.15) is 11.3 Å². The van der Waals surface area contributed by atoms with Gasteiger partial charge in [0, 0.05) is 25.2 Å². The molecular weight excluding hydrogens is 208 g/mol. The average Bonchev–Trinajstić information content (AvgIpc) is 2.63. The lowest BCUT2D eigenvalue weighted by Crippen LogP contribution is -2.37. The molecule has 1 aromatic heterocycles. The number of rotatable bonds is 3. The Morgan fingerprint density at radius 1 is 1.60 bits per heavy atom. The van der Waals surface area contributed by atoms with E-state index in [1.165, 1.54) is 5.57 Å². The van der Waals surface area contributed by atoms with E-state index in [0.29, 0.717) is 6.54 Å². The minimum absolute atomic E-state index is 0.0534. The minimum Gasteiger partial charge on any atom is -0.348 e. The highest BCUT2D eigenvalue weighted by Crippen LogP contribution is 2.09. The predicted molar refractivity (Wildman–Crippen MR) is 61.7 cm³/mol. The Morgan fingerprint density at radius 2 is 2.40 bits per heavy atom. The molecule has 1 fully saturated rings. The summed E-state index contributed by atoms with van der Waals surface area (Å²) in [7, 11) is 0. The van der Waals surface area contributed by atoms with Crippen molar-refractivity contribution in [3.05, 3.63) is 33.5 Å². The van der Waals surface area contributed by atoms with E-state index in [9.17, 15) is 4.79 Å². The molecule has 2 rings (SSSR count). The lowest BCUT2D eigenvalue weighted by atomic mass is 10.0. The fourth-order valence-electron chi connectivity index (χ4n) is 1.38. The topological polar surface area (TPSA) is 41.1 Å². The van der Waals surface area contributed by atoms with Crippen molar-refractivity contribution in [1.82, 2.24) is 10.6 Å². The fourth-order valence-corrected chi connectivity index (χ4v) is 2.05. The highest BCUT2D eigenvalue weighted by molar-refractivity contribution is 7.07. The van der Waals surface area contributed by atoms with Crippen molar-refractivity contribution >= 4 is 17.2 Å². The molecule has 0 aromatic carbocycles. The van der Waals surface area contributed by atoms with Crippen LogP contribution < -0.4 is 10.6 Å². The van der Waals surface area contributed by atoms with Gasteiger partial charge < -0.3 is 10.6 Å². The summed E-state index contributed by atoms with van der Waals surface area (Å²) in [6.07, 6.45) is 0. The molecule has 3 nitrogen and oxygen atoms in total. The summed E-state index contributed by atoms with van der Waals surface area (Å²) >= 11 is 1.65. The lowest BCUT2D eigenvalue weighted by Gasteiger charge is -2.21. The number of hydrogen-bond donors (Lipinski definition) is 2. The lowest BCUT2D eigenvalue weighted by molar-refractivity contribution is -0.117. The first-order valence-corrected chi connectivity index (χ1v) is 5.90. The van der Waals surface area contributed by atoms with Gasteiger partial charge in [-0.1, -0.05) is 0 Å². The van der Waals surface area contributed by atoms with Crippen LogP contribution in [-0.4, -0.2) is 19.0 Å². The van der Waals surface area contributed by atoms with Crippen molar-refractivity contribution in [1.29, 1.82) is 0 Å². The molecule has 4 heteroatoms. The van der Waals surface area contributed by atoms with Crippen LogP contribution in [0.25, 0.3) is 0 Å². The van der Waals surface area contributed by atoms with E-state index >= 15 is 0 Å². The molecule has 2 N–H and O–H groups in total. The zero-order valence-corrected chi connectivity index (χ0v) is 9.49. The molecule has 1 saturated heterocycles. The van der Waals surface area contributed by atoms with Crippen LogP contribution in [0.1, 0.15) is 12.5 Å². The SMILES string of the molecule is CC(C(=O)NCc1ccsc1)=C1CNC1. The largest absolute Gasteiger partial charge is 0.348 e. The number of carbonyl (C=O) groups excluding carboxylic acids is 1. The third kappa shape index (κ3) is 2.46. The summed E-state index contributed by atoms with van der Waals surface area (Å²) in [5.41, 5.74) is 3.25. The van der Waals surface area contributed by atoms with Crippen LogP contribution in [0.15, 0.2) is 28.0 Å². The fraction of sp³-hybridized carbons (Fsp3) is 0.364. The van der Waals surface area contributed by atoms with Gasteiger partial charge in [-0.3, -0.25) is 4.79 Å². The molecule has 2 heterocycles. The molecule has 1 aromatic rings. The second kappa shape index (κ2) is 4.59. The zero-order chi connectivity index (χ0) is 10.7. The number of amides is 1. The van der Waals surface area contributed by atoms with E-state index < -0.39 is 0 Å². The van der Waals surface area contributed by atoms with Gasteiger partial charge in [0.25, 0.3) is 0 Å². The second-order valence-electron chi connectivity index (χ2n) is 3.65. The van der Waals surface area contributed by atoms with E-state index in [1.54, 1.807) is 11.3 Å². The number of thiophene rings is 1. The standard InChI is InChI=1S/C11H14N2OS/c1-8(10-5-12-6-10)11(14)13-4-9-2-3-15-7-9/h2-3,7,12H,4-6H2,1H3,(H,13,14). The molecule has 1 aliphatic heterocycles. The molecule has 0 unspecified atom stereocenters. The Hall–Kier alpha value is -1.13. The summed E-state index contributed by atoms with van der Waals surface area (Å²) in [6, 6.07) is 2.03. The summed E-state index contributed by atoms with van der Waals surface area (Å²) in [5.74, 6) is 0.0534. The monoisotopic (exact) mass is 222 g/mol. The second-order valence-corrected chi connectivity index (χ2v) is 4.43. The summed E-state index contributed by atoms with van der Waals surface area (Å²) < 4.78 is 0. The highest BCUT2D eigenvalue weighted by Gasteiger charge is 2.15. The Labute approximate surface area is 93.2 Å². The summed E-state index contributed by atoms with van der Waals surface area (Å²) in [6.45, 7) is 4.23. The van der Waals surface area contributed by atoms with Crippen LogP contribution in [0, 0.1) is 0 Å². The normalized spacial score (nSPS) is 14.6. The Balaban J connectivity index is 1.87. The first kappa shape index (κ1) is 10.4. The van der Waals surface area contributed by atoms with Crippen LogP contribution in [0.2, 0.25) is 0 Å². The van der Waals surface area contributed by atoms with Crippen LogP contribution in [-0.2, 0) is 11.3 Å². The Kier molecular flexibility index (Phi) is 3.18. The van der Waals surface area contributed by atoms with Gasteiger partial charge in [0.05, 0.1) is 0 Å². The first-order valence-electron chi connectivity index (χ1n) is 4.96. The van der Waals surface area contributed by atoms with Gasteiger partial charge in [-0.25, -0.2) is 0 Å². The smallest absolute Gasteiger partial charge is 0.247 e. The van der Waals surface area contributed by atoms with E-state index in [1.807, 2.05) is 23.8 Å². The minimum atomic E-state index is 0.0534. The van der Waals surface area contributed by atoms with Crippen LogP contribution >= 0.6 is 11.3 Å². The Bertz CT molecular complexity index is 375. The van der Waals surface area contributed by atoms with Crippen molar-refractivity contribution in [2.75, 3.05) is 13.1 Å². The van der Waals surface area contributed by atoms with Gasteiger partial charge in [0.2, 0.25) is 5.91 Å². The van der Waals surface area contributed by atoms with Gasteiger partial charge in [-0.05, 0) is 34.9 Å². The molecule has 1 amide bonds. The highest BCUT2D eigenvalue weighted by atomic mass is 32.1. The molecule has 0 atom stereocenters. The third-order valence-electron chi connectivity index (χ3n) is 2.58. The Morgan fingerprint density at radius 3 is 2.93 bits per heavy atom. The van der Waals surface area contributed by atoms with Crippen molar-refractivity contribution in [2.45, 2.75) is 13.5 Å². The van der Waals surface area contributed by atoms with Gasteiger partial charge in [-0.15, -0.1) is 0 Å². The van der Waals surface area contributed by atoms with Gasteiger partial charge >= 0.3 is 0 Å². The van der Waals surface area contributed by atoms with E-state index in [0.717, 1.165) is 24.2 Å². The van der Waals surface area contributed by atoms with E-state index in [-0.39, 0.29) is 5.91 Å². The van der Waals surface area contributed by atoms with E-state index in [4.69, 9.17) is 0 Å². The molecule has 0 aliphatic carbocycles. The van der Waals surface area contributed by atoms with Crippen molar-refractivity contribution in [3.8, 4) is 0 Å².